The molecule has 3 N–H and O–H groups in total. The number of hydrogen-bond acceptors (Lipinski definition) is 6. The van der Waals surface area contributed by atoms with Crippen LogP contribution in [-0.2, 0) is 6.61 Å². The van der Waals surface area contributed by atoms with Gasteiger partial charge >= 0.3 is 6.03 Å². The Hall–Kier alpha value is -3.91. The zero-order valence-electron chi connectivity index (χ0n) is 17.3. The van der Waals surface area contributed by atoms with Crippen LogP contribution in [0, 0.1) is 0 Å². The Morgan fingerprint density at radius 3 is 2.69 bits per heavy atom. The molecule has 0 aliphatic carbocycles. The largest absolute Gasteiger partial charge is 0.486 e. The van der Waals surface area contributed by atoms with Crippen molar-refractivity contribution in [2.45, 2.75) is 13.5 Å². The number of benzene rings is 2. The molecular formula is C23H21ClN6O2. The number of fused-ring (bicyclic) bond motifs is 1. The first-order chi connectivity index (χ1) is 15.6. The molecule has 0 radical (unpaired) electrons. The molecule has 4 aromatic rings. The molecule has 0 aliphatic heterocycles. The molecule has 0 fully saturated rings. The van der Waals surface area contributed by atoms with Crippen LogP contribution in [0.3, 0.4) is 0 Å². The van der Waals surface area contributed by atoms with Crippen LogP contribution in [0.25, 0.3) is 10.9 Å². The molecule has 2 amide bonds. The Bertz CT molecular complexity index is 1240. The lowest BCUT2D eigenvalue weighted by Crippen LogP contribution is -2.28. The molecule has 8 nitrogen and oxygen atoms in total. The van der Waals surface area contributed by atoms with Crippen molar-refractivity contribution in [3.63, 3.8) is 0 Å². The van der Waals surface area contributed by atoms with Crippen LogP contribution in [0.1, 0.15) is 12.6 Å². The van der Waals surface area contributed by atoms with Crippen LogP contribution in [0.5, 0.6) is 5.75 Å². The standard InChI is InChI=1S/C23H21ClN6O2/c1-2-25-23(31)30-15-6-8-20-18(11-15)22(28-14-27-20)29-16-7-9-21(19(24)12-16)32-13-17-5-3-4-10-26-17/h3-12,14H,2,13H2,1H3,(H2,25,30,31)(H,27,28,29). The maximum Gasteiger partial charge on any atom is 0.319 e. The molecule has 9 heteroatoms. The number of aromatic nitrogens is 3. The molecule has 0 unspecified atom stereocenters. The predicted octanol–water partition coefficient (Wildman–Crippen LogP) is 5.14. The molecule has 0 bridgehead atoms. The molecule has 4 rings (SSSR count). The van der Waals surface area contributed by atoms with Crippen LogP contribution < -0.4 is 20.7 Å². The van der Waals surface area contributed by atoms with Gasteiger partial charge in [0, 0.05) is 29.5 Å². The van der Waals surface area contributed by atoms with E-state index in [1.807, 2.05) is 43.3 Å². The summed E-state index contributed by atoms with van der Waals surface area (Å²) in [6.45, 7) is 2.72. The Morgan fingerprint density at radius 1 is 1.03 bits per heavy atom. The summed E-state index contributed by atoms with van der Waals surface area (Å²) < 4.78 is 5.78. The molecule has 32 heavy (non-hydrogen) atoms. The first kappa shape index (κ1) is 21.3. The number of hydrogen-bond donors (Lipinski definition) is 3. The van der Waals surface area contributed by atoms with E-state index in [1.54, 1.807) is 24.4 Å². The number of nitrogens with zero attached hydrogens (tertiary/aromatic N) is 3. The van der Waals surface area contributed by atoms with Gasteiger partial charge < -0.3 is 20.7 Å². The summed E-state index contributed by atoms with van der Waals surface area (Å²) in [5, 5.41) is 9.98. The fourth-order valence-corrected chi connectivity index (χ4v) is 3.27. The van der Waals surface area contributed by atoms with E-state index in [2.05, 4.69) is 30.9 Å². The zero-order valence-corrected chi connectivity index (χ0v) is 18.1. The van der Waals surface area contributed by atoms with Crippen molar-refractivity contribution in [3.8, 4) is 5.75 Å². The first-order valence-corrected chi connectivity index (χ1v) is 10.4. The number of amides is 2. The summed E-state index contributed by atoms with van der Waals surface area (Å²) in [7, 11) is 0. The Kier molecular flexibility index (Phi) is 6.62. The van der Waals surface area contributed by atoms with Crippen LogP contribution in [0.15, 0.2) is 67.1 Å². The molecule has 0 spiro atoms. The van der Waals surface area contributed by atoms with E-state index in [-0.39, 0.29) is 6.03 Å². The minimum Gasteiger partial charge on any atom is -0.486 e. The lowest BCUT2D eigenvalue weighted by molar-refractivity contribution is 0.252. The van der Waals surface area contributed by atoms with E-state index in [4.69, 9.17) is 16.3 Å². The van der Waals surface area contributed by atoms with Crippen molar-refractivity contribution in [2.24, 2.45) is 0 Å². The zero-order chi connectivity index (χ0) is 22.3. The van der Waals surface area contributed by atoms with Crippen molar-refractivity contribution in [1.82, 2.24) is 20.3 Å². The molecule has 162 valence electrons. The Morgan fingerprint density at radius 2 is 1.91 bits per heavy atom. The average Bonchev–Trinajstić information content (AvgIpc) is 2.80. The van der Waals surface area contributed by atoms with E-state index in [9.17, 15) is 4.79 Å². The lowest BCUT2D eigenvalue weighted by atomic mass is 10.2. The Labute approximate surface area is 190 Å². The third-order valence-electron chi connectivity index (χ3n) is 4.53. The molecule has 0 saturated heterocycles. The van der Waals surface area contributed by atoms with E-state index in [0.717, 1.165) is 22.3 Å². The number of ether oxygens (including phenoxy) is 1. The highest BCUT2D eigenvalue weighted by atomic mass is 35.5. The number of anilines is 3. The van der Waals surface area contributed by atoms with Crippen molar-refractivity contribution in [2.75, 3.05) is 17.2 Å². The minimum atomic E-state index is -0.272. The molecule has 2 aromatic heterocycles. The second-order valence-electron chi connectivity index (χ2n) is 6.82. The van der Waals surface area contributed by atoms with Crippen LogP contribution in [-0.4, -0.2) is 27.5 Å². The molecule has 2 heterocycles. The number of halogens is 1. The van der Waals surface area contributed by atoms with E-state index >= 15 is 0 Å². The van der Waals surface area contributed by atoms with Gasteiger partial charge in [-0.3, -0.25) is 4.98 Å². The maximum absolute atomic E-state index is 11.8. The van der Waals surface area contributed by atoms with Gasteiger partial charge in [-0.2, -0.15) is 0 Å². The van der Waals surface area contributed by atoms with Crippen molar-refractivity contribution >= 4 is 45.7 Å². The lowest BCUT2D eigenvalue weighted by Gasteiger charge is -2.12. The highest BCUT2D eigenvalue weighted by molar-refractivity contribution is 6.32. The number of nitrogens with one attached hydrogen (secondary N) is 3. The summed E-state index contributed by atoms with van der Waals surface area (Å²) in [5.74, 6) is 1.15. The fraction of sp³-hybridized carbons (Fsp3) is 0.130. The quantitative estimate of drug-likeness (QED) is 0.362. The van der Waals surface area contributed by atoms with Gasteiger partial charge in [0.05, 0.1) is 16.2 Å². The smallest absolute Gasteiger partial charge is 0.319 e. The van der Waals surface area contributed by atoms with E-state index in [0.29, 0.717) is 35.4 Å². The third-order valence-corrected chi connectivity index (χ3v) is 4.82. The van der Waals surface area contributed by atoms with Gasteiger partial charge in [0.15, 0.2) is 0 Å². The fourth-order valence-electron chi connectivity index (χ4n) is 3.04. The molecule has 2 aromatic carbocycles. The van der Waals surface area contributed by atoms with Gasteiger partial charge in [-0.25, -0.2) is 14.8 Å². The summed E-state index contributed by atoms with van der Waals surface area (Å²) in [6.07, 6.45) is 3.20. The topological polar surface area (TPSA) is 101 Å². The van der Waals surface area contributed by atoms with E-state index in [1.165, 1.54) is 6.33 Å². The molecular weight excluding hydrogens is 428 g/mol. The van der Waals surface area contributed by atoms with Gasteiger partial charge in [-0.05, 0) is 55.5 Å². The predicted molar refractivity (Wildman–Crippen MR) is 126 cm³/mol. The summed E-state index contributed by atoms with van der Waals surface area (Å²) in [6, 6.07) is 16.2. The number of carbonyl (C=O) groups is 1. The molecule has 0 atom stereocenters. The van der Waals surface area contributed by atoms with Crippen molar-refractivity contribution in [1.29, 1.82) is 0 Å². The second kappa shape index (κ2) is 9.93. The van der Waals surface area contributed by atoms with Crippen LogP contribution in [0.2, 0.25) is 5.02 Å². The molecule has 0 saturated carbocycles. The SMILES string of the molecule is CCNC(=O)Nc1ccc2ncnc(Nc3ccc(OCc4ccccn4)c(Cl)c3)c2c1. The van der Waals surface area contributed by atoms with Crippen LogP contribution >= 0.6 is 11.6 Å². The number of rotatable bonds is 7. The van der Waals surface area contributed by atoms with Crippen LogP contribution in [0.4, 0.5) is 22.0 Å². The number of carbonyl (C=O) groups excluding carboxylic acids is 1. The van der Waals surface area contributed by atoms with Gasteiger partial charge in [0.2, 0.25) is 0 Å². The van der Waals surface area contributed by atoms with Crippen molar-refractivity contribution in [3.05, 3.63) is 77.8 Å². The van der Waals surface area contributed by atoms with Gasteiger partial charge in [0.1, 0.15) is 24.5 Å². The molecule has 0 aliphatic rings. The summed E-state index contributed by atoms with van der Waals surface area (Å²) in [5.41, 5.74) is 2.93. The summed E-state index contributed by atoms with van der Waals surface area (Å²) in [4.78, 5) is 24.7. The second-order valence-corrected chi connectivity index (χ2v) is 7.23. The minimum absolute atomic E-state index is 0.272. The highest BCUT2D eigenvalue weighted by Gasteiger charge is 2.09. The highest BCUT2D eigenvalue weighted by Crippen LogP contribution is 2.31. The van der Waals surface area contributed by atoms with Gasteiger partial charge in [0.25, 0.3) is 0 Å². The normalized spacial score (nSPS) is 10.6. The Balaban J connectivity index is 1.52. The summed E-state index contributed by atoms with van der Waals surface area (Å²) >= 11 is 6.42. The average molecular weight is 449 g/mol. The number of urea groups is 1. The first-order valence-electron chi connectivity index (χ1n) is 10.0. The van der Waals surface area contributed by atoms with Crippen molar-refractivity contribution < 1.29 is 9.53 Å². The monoisotopic (exact) mass is 448 g/mol. The van der Waals surface area contributed by atoms with Gasteiger partial charge in [-0.15, -0.1) is 0 Å². The van der Waals surface area contributed by atoms with Gasteiger partial charge in [-0.1, -0.05) is 17.7 Å². The van der Waals surface area contributed by atoms with E-state index < -0.39 is 0 Å². The number of pyridine rings is 1. The third kappa shape index (κ3) is 5.22. The maximum atomic E-state index is 11.8.